The third-order valence-corrected chi connectivity index (χ3v) is 4.99. The number of aromatic nitrogens is 3. The minimum absolute atomic E-state index is 0.0964. The van der Waals surface area contributed by atoms with Gasteiger partial charge in [0.15, 0.2) is 10.8 Å². The van der Waals surface area contributed by atoms with E-state index in [1.807, 2.05) is 37.3 Å². The Morgan fingerprint density at radius 1 is 1.30 bits per heavy atom. The van der Waals surface area contributed by atoms with E-state index < -0.39 is 0 Å². The van der Waals surface area contributed by atoms with Crippen molar-refractivity contribution in [3.63, 3.8) is 0 Å². The molecule has 1 atom stereocenters. The van der Waals surface area contributed by atoms with E-state index in [-0.39, 0.29) is 23.3 Å². The number of allylic oxidation sites excluding steroid dienone is 1. The maximum Gasteiger partial charge on any atom is 0.263 e. The Hall–Kier alpha value is -2.93. The maximum absolute atomic E-state index is 12.7. The molecule has 138 valence electrons. The van der Waals surface area contributed by atoms with E-state index in [0.29, 0.717) is 22.7 Å². The summed E-state index contributed by atoms with van der Waals surface area (Å²) in [6.07, 6.45) is 3.22. The Balaban J connectivity index is 1.76. The fourth-order valence-corrected chi connectivity index (χ4v) is 3.48. The molecule has 1 aromatic carbocycles. The summed E-state index contributed by atoms with van der Waals surface area (Å²) in [5.41, 5.74) is 1.23. The topological polar surface area (TPSA) is 76.9 Å². The molecule has 2 aromatic heterocycles. The average Bonchev–Trinajstić information content (AvgIpc) is 2.69. The van der Waals surface area contributed by atoms with E-state index in [9.17, 15) is 9.59 Å². The zero-order chi connectivity index (χ0) is 19.2. The van der Waals surface area contributed by atoms with Gasteiger partial charge in [-0.15, -0.1) is 6.58 Å². The molecule has 1 N–H and O–H groups in total. The number of pyridine rings is 1. The quantitative estimate of drug-likeness (QED) is 0.387. The molecule has 0 aliphatic heterocycles. The van der Waals surface area contributed by atoms with Gasteiger partial charge in [-0.1, -0.05) is 48.2 Å². The van der Waals surface area contributed by atoms with Crippen molar-refractivity contribution >= 4 is 28.7 Å². The number of nitrogens with one attached hydrogen (secondary N) is 1. The van der Waals surface area contributed by atoms with Crippen LogP contribution in [0, 0.1) is 0 Å². The minimum atomic E-state index is -0.187. The Morgan fingerprint density at radius 2 is 2.07 bits per heavy atom. The van der Waals surface area contributed by atoms with Gasteiger partial charge in [-0.2, -0.15) is 0 Å². The lowest BCUT2D eigenvalue weighted by molar-refractivity contribution is -0.119. The van der Waals surface area contributed by atoms with Crippen molar-refractivity contribution in [3.8, 4) is 0 Å². The van der Waals surface area contributed by atoms with Crippen LogP contribution >= 0.6 is 11.8 Å². The van der Waals surface area contributed by atoms with Crippen molar-refractivity contribution in [1.82, 2.24) is 19.9 Å². The van der Waals surface area contributed by atoms with Gasteiger partial charge < -0.3 is 5.32 Å². The lowest BCUT2D eigenvalue weighted by atomic mass is 10.1. The number of benzene rings is 1. The first-order valence-electron chi connectivity index (χ1n) is 8.53. The van der Waals surface area contributed by atoms with E-state index in [1.165, 1.54) is 16.3 Å². The highest BCUT2D eigenvalue weighted by Gasteiger charge is 2.14. The van der Waals surface area contributed by atoms with Gasteiger partial charge in [0, 0.05) is 12.7 Å². The summed E-state index contributed by atoms with van der Waals surface area (Å²) in [5, 5.41) is 3.86. The van der Waals surface area contributed by atoms with Crippen LogP contribution in [-0.4, -0.2) is 26.2 Å². The van der Waals surface area contributed by atoms with Gasteiger partial charge in [0.25, 0.3) is 5.56 Å². The molecule has 7 heteroatoms. The van der Waals surface area contributed by atoms with E-state index in [4.69, 9.17) is 0 Å². The third-order valence-electron chi connectivity index (χ3n) is 4.02. The largest absolute Gasteiger partial charge is 0.349 e. The first kappa shape index (κ1) is 18.8. The number of carbonyl (C=O) groups excluding carboxylic acids is 1. The Bertz CT molecular complexity index is 1020. The molecule has 1 amide bonds. The van der Waals surface area contributed by atoms with E-state index >= 15 is 0 Å². The van der Waals surface area contributed by atoms with E-state index in [0.717, 1.165) is 5.56 Å². The van der Waals surface area contributed by atoms with Crippen molar-refractivity contribution < 1.29 is 4.79 Å². The SMILES string of the molecule is C=CCn1c(SCC(=O)N[C@@H](C)c2ccccc2)nc2ncccc2c1=O. The number of rotatable bonds is 7. The maximum atomic E-state index is 12.7. The first-order chi connectivity index (χ1) is 13.1. The van der Waals surface area contributed by atoms with Crippen LogP contribution in [0.3, 0.4) is 0 Å². The summed E-state index contributed by atoms with van der Waals surface area (Å²) in [6.45, 7) is 5.95. The molecule has 0 bridgehead atoms. The number of thioether (sulfide) groups is 1. The molecule has 27 heavy (non-hydrogen) atoms. The number of nitrogens with zero attached hydrogens (tertiary/aromatic N) is 3. The molecule has 0 aliphatic carbocycles. The summed E-state index contributed by atoms with van der Waals surface area (Å²) in [7, 11) is 0. The van der Waals surface area contributed by atoms with Crippen LogP contribution in [0.4, 0.5) is 0 Å². The highest BCUT2D eigenvalue weighted by Crippen LogP contribution is 2.18. The van der Waals surface area contributed by atoms with Crippen molar-refractivity contribution in [2.75, 3.05) is 5.75 Å². The molecule has 2 heterocycles. The summed E-state index contributed by atoms with van der Waals surface area (Å²) >= 11 is 1.21. The monoisotopic (exact) mass is 380 g/mol. The fourth-order valence-electron chi connectivity index (χ4n) is 2.67. The Labute approximate surface area is 161 Å². The molecule has 3 rings (SSSR count). The summed E-state index contributed by atoms with van der Waals surface area (Å²) < 4.78 is 1.51. The molecular formula is C20H20N4O2S. The highest BCUT2D eigenvalue weighted by molar-refractivity contribution is 7.99. The first-order valence-corrected chi connectivity index (χ1v) is 9.52. The predicted molar refractivity (Wildman–Crippen MR) is 108 cm³/mol. The molecule has 0 aliphatic rings. The zero-order valence-electron chi connectivity index (χ0n) is 15.0. The zero-order valence-corrected chi connectivity index (χ0v) is 15.8. The third kappa shape index (κ3) is 4.43. The number of hydrogen-bond donors (Lipinski definition) is 1. The van der Waals surface area contributed by atoms with Gasteiger partial charge in [0.1, 0.15) is 0 Å². The Kier molecular flexibility index (Phi) is 6.03. The normalized spacial score (nSPS) is 11.9. The van der Waals surface area contributed by atoms with Crippen LogP contribution in [0.2, 0.25) is 0 Å². The van der Waals surface area contributed by atoms with Gasteiger partial charge in [-0.05, 0) is 24.6 Å². The van der Waals surface area contributed by atoms with Gasteiger partial charge in [-0.25, -0.2) is 9.97 Å². The molecular weight excluding hydrogens is 360 g/mol. The van der Waals surface area contributed by atoms with Crippen LogP contribution in [0.1, 0.15) is 18.5 Å². The van der Waals surface area contributed by atoms with Gasteiger partial charge in [-0.3, -0.25) is 14.2 Å². The highest BCUT2D eigenvalue weighted by atomic mass is 32.2. The molecule has 0 unspecified atom stereocenters. The number of hydrogen-bond acceptors (Lipinski definition) is 5. The predicted octanol–water partition coefficient (Wildman–Crippen LogP) is 2.95. The summed E-state index contributed by atoms with van der Waals surface area (Å²) in [4.78, 5) is 33.6. The van der Waals surface area contributed by atoms with Crippen LogP contribution in [-0.2, 0) is 11.3 Å². The molecule has 0 saturated carbocycles. The van der Waals surface area contributed by atoms with Crippen LogP contribution in [0.5, 0.6) is 0 Å². The molecule has 0 radical (unpaired) electrons. The molecule has 0 fully saturated rings. The second-order valence-electron chi connectivity index (χ2n) is 5.96. The van der Waals surface area contributed by atoms with Crippen LogP contribution < -0.4 is 10.9 Å². The van der Waals surface area contributed by atoms with Crippen molar-refractivity contribution in [1.29, 1.82) is 0 Å². The van der Waals surface area contributed by atoms with Gasteiger partial charge in [0.05, 0.1) is 17.2 Å². The van der Waals surface area contributed by atoms with Crippen LogP contribution in [0.25, 0.3) is 11.0 Å². The average molecular weight is 380 g/mol. The standard InChI is InChI=1S/C20H20N4O2S/c1-3-12-24-19(26)16-10-7-11-21-18(16)23-20(24)27-13-17(25)22-14(2)15-8-5-4-6-9-15/h3-11,14H,1,12-13H2,2H3,(H,22,25)/t14-/m0/s1. The second-order valence-corrected chi connectivity index (χ2v) is 6.90. The number of amides is 1. The van der Waals surface area contributed by atoms with Crippen LogP contribution in [0.15, 0.2) is 71.3 Å². The van der Waals surface area contributed by atoms with Crippen molar-refractivity contribution in [2.45, 2.75) is 24.7 Å². The smallest absolute Gasteiger partial charge is 0.263 e. The number of fused-ring (bicyclic) bond motifs is 1. The number of carbonyl (C=O) groups is 1. The minimum Gasteiger partial charge on any atom is -0.349 e. The summed E-state index contributed by atoms with van der Waals surface area (Å²) in [5.74, 6) is 0.0240. The molecule has 6 nitrogen and oxygen atoms in total. The molecule has 0 saturated heterocycles. The lowest BCUT2D eigenvalue weighted by Crippen LogP contribution is -2.29. The van der Waals surface area contributed by atoms with Crippen molar-refractivity contribution in [2.24, 2.45) is 0 Å². The molecule has 0 spiro atoms. The second kappa shape index (κ2) is 8.64. The van der Waals surface area contributed by atoms with Crippen molar-refractivity contribution in [3.05, 3.63) is 77.2 Å². The fraction of sp³-hybridized carbons (Fsp3) is 0.200. The van der Waals surface area contributed by atoms with Gasteiger partial charge in [0.2, 0.25) is 5.91 Å². The van der Waals surface area contributed by atoms with Gasteiger partial charge >= 0.3 is 0 Å². The molecule has 3 aromatic rings. The van der Waals surface area contributed by atoms with E-state index in [2.05, 4.69) is 21.9 Å². The Morgan fingerprint density at radius 3 is 2.81 bits per heavy atom. The van der Waals surface area contributed by atoms with E-state index in [1.54, 1.807) is 24.4 Å². The lowest BCUT2D eigenvalue weighted by Gasteiger charge is -2.15. The summed E-state index contributed by atoms with van der Waals surface area (Å²) in [6, 6.07) is 13.0.